The first-order valence-electron chi connectivity index (χ1n) is 10.1. The second kappa shape index (κ2) is 7.95. The van der Waals surface area contributed by atoms with Crippen LogP contribution in [0, 0.1) is 0 Å². The summed E-state index contributed by atoms with van der Waals surface area (Å²) in [6.45, 7) is 8.30. The van der Waals surface area contributed by atoms with E-state index in [-0.39, 0.29) is 17.5 Å². The molecule has 152 valence electrons. The Labute approximate surface area is 180 Å². The highest BCUT2D eigenvalue weighted by Crippen LogP contribution is 2.37. The molecule has 1 amide bonds. The number of benzene rings is 1. The van der Waals surface area contributed by atoms with E-state index in [2.05, 4.69) is 11.0 Å². The molecule has 29 heavy (non-hydrogen) atoms. The Morgan fingerprint density at radius 2 is 1.86 bits per heavy atom. The van der Waals surface area contributed by atoms with Crippen molar-refractivity contribution in [1.29, 1.82) is 0 Å². The number of hydrogen-bond acceptors (Lipinski definition) is 5. The molecule has 0 aliphatic carbocycles. The molecule has 2 aromatic rings. The number of carbonyl (C=O) groups excluding carboxylic acids is 1. The van der Waals surface area contributed by atoms with Crippen molar-refractivity contribution in [2.45, 2.75) is 46.2 Å². The summed E-state index contributed by atoms with van der Waals surface area (Å²) in [6, 6.07) is 8.05. The predicted molar refractivity (Wildman–Crippen MR) is 125 cm³/mol. The van der Waals surface area contributed by atoms with E-state index in [1.165, 1.54) is 11.8 Å². The highest BCUT2D eigenvalue weighted by atomic mass is 32.2. The zero-order valence-corrected chi connectivity index (χ0v) is 18.6. The van der Waals surface area contributed by atoms with Gasteiger partial charge in [-0.05, 0) is 45.8 Å². The first-order valence-corrected chi connectivity index (χ1v) is 11.3. The van der Waals surface area contributed by atoms with Gasteiger partial charge in [0.25, 0.3) is 11.5 Å². The lowest BCUT2D eigenvalue weighted by molar-refractivity contribution is -0.123. The Morgan fingerprint density at radius 3 is 2.48 bits per heavy atom. The molecular weight excluding hydrogens is 402 g/mol. The standard InChI is InChI=1S/C22H25N3O2S2/c1-4-24-17-10-6-5-9-15(17)19(23-11-7-8-12-23)16(20(24)26)13-18-21(27)25(14(2)3)22(28)29-18/h5-6,9-10,13-14H,4,7-8,11-12H2,1-3H3. The lowest BCUT2D eigenvalue weighted by atomic mass is 10.1. The molecule has 1 aromatic carbocycles. The summed E-state index contributed by atoms with van der Waals surface area (Å²) in [7, 11) is 0. The fourth-order valence-corrected chi connectivity index (χ4v) is 5.70. The van der Waals surface area contributed by atoms with Gasteiger partial charge in [0.05, 0.1) is 21.7 Å². The summed E-state index contributed by atoms with van der Waals surface area (Å²) < 4.78 is 2.35. The number of nitrogens with zero attached hydrogens (tertiary/aromatic N) is 3. The van der Waals surface area contributed by atoms with Crippen LogP contribution in [-0.2, 0) is 11.3 Å². The zero-order valence-electron chi connectivity index (χ0n) is 17.0. The maximum Gasteiger partial charge on any atom is 0.266 e. The van der Waals surface area contributed by atoms with Gasteiger partial charge in [0.1, 0.15) is 4.32 Å². The summed E-state index contributed by atoms with van der Waals surface area (Å²) in [4.78, 5) is 30.9. The van der Waals surface area contributed by atoms with Crippen LogP contribution >= 0.6 is 24.0 Å². The third-order valence-electron chi connectivity index (χ3n) is 5.53. The van der Waals surface area contributed by atoms with Crippen LogP contribution in [0.1, 0.15) is 39.2 Å². The molecule has 2 aliphatic heterocycles. The van der Waals surface area contributed by atoms with E-state index in [1.54, 1.807) is 15.5 Å². The van der Waals surface area contributed by atoms with Gasteiger partial charge >= 0.3 is 0 Å². The molecule has 3 heterocycles. The smallest absolute Gasteiger partial charge is 0.266 e. The SMILES string of the molecule is CCn1c(=O)c(C=C2SC(=S)N(C(C)C)C2=O)c(N2CCCC2)c2ccccc21. The number of fused-ring (bicyclic) bond motifs is 1. The first kappa shape index (κ1) is 20.2. The number of pyridine rings is 1. The maximum absolute atomic E-state index is 13.5. The minimum absolute atomic E-state index is 0.00430. The topological polar surface area (TPSA) is 45.6 Å². The van der Waals surface area contributed by atoms with Crippen LogP contribution in [0.4, 0.5) is 5.69 Å². The van der Waals surface area contributed by atoms with Gasteiger partial charge in [-0.15, -0.1) is 0 Å². The molecule has 7 heteroatoms. The molecule has 1 aromatic heterocycles. The fourth-order valence-electron chi connectivity index (χ4n) is 4.19. The van der Waals surface area contributed by atoms with Crippen molar-refractivity contribution in [3.05, 3.63) is 45.1 Å². The van der Waals surface area contributed by atoms with Crippen LogP contribution in [0.15, 0.2) is 34.0 Å². The van der Waals surface area contributed by atoms with Crippen LogP contribution in [-0.4, -0.2) is 38.8 Å². The van der Waals surface area contributed by atoms with Gasteiger partial charge in [0.15, 0.2) is 0 Å². The number of para-hydroxylation sites is 1. The molecule has 2 fully saturated rings. The number of hydrogen-bond donors (Lipinski definition) is 0. The van der Waals surface area contributed by atoms with Crippen molar-refractivity contribution in [3.8, 4) is 0 Å². The lowest BCUT2D eigenvalue weighted by Crippen LogP contribution is -2.34. The van der Waals surface area contributed by atoms with Gasteiger partial charge in [0.2, 0.25) is 0 Å². The van der Waals surface area contributed by atoms with Gasteiger partial charge in [-0.25, -0.2) is 0 Å². The quantitative estimate of drug-likeness (QED) is 0.540. The van der Waals surface area contributed by atoms with Crippen LogP contribution < -0.4 is 10.5 Å². The van der Waals surface area contributed by atoms with Gasteiger partial charge in [-0.3, -0.25) is 14.5 Å². The van der Waals surface area contributed by atoms with Crippen molar-refractivity contribution >= 4 is 56.9 Å². The number of anilines is 1. The molecule has 0 N–H and O–H groups in total. The minimum atomic E-state index is -0.113. The van der Waals surface area contributed by atoms with E-state index in [4.69, 9.17) is 12.2 Å². The first-order chi connectivity index (χ1) is 13.9. The summed E-state index contributed by atoms with van der Waals surface area (Å²) in [6.07, 6.45) is 4.00. The number of thioether (sulfide) groups is 1. The van der Waals surface area contributed by atoms with E-state index >= 15 is 0 Å². The van der Waals surface area contributed by atoms with E-state index in [0.717, 1.165) is 42.5 Å². The molecule has 0 spiro atoms. The molecule has 0 unspecified atom stereocenters. The number of thiocarbonyl (C=S) groups is 1. The molecule has 0 bridgehead atoms. The van der Waals surface area contributed by atoms with Crippen molar-refractivity contribution in [2.75, 3.05) is 18.0 Å². The molecule has 0 atom stereocenters. The summed E-state index contributed by atoms with van der Waals surface area (Å²) >= 11 is 6.71. The third-order valence-corrected chi connectivity index (χ3v) is 6.86. The molecule has 2 aliphatic rings. The van der Waals surface area contributed by atoms with E-state index in [9.17, 15) is 9.59 Å². The highest BCUT2D eigenvalue weighted by Gasteiger charge is 2.34. The summed E-state index contributed by atoms with van der Waals surface area (Å²) in [5.74, 6) is -0.113. The molecule has 2 saturated heterocycles. The molecular formula is C22H25N3O2S2. The zero-order chi connectivity index (χ0) is 20.7. The predicted octanol–water partition coefficient (Wildman–Crippen LogP) is 4.23. The lowest BCUT2D eigenvalue weighted by Gasteiger charge is -2.24. The molecule has 0 radical (unpaired) electrons. The Bertz CT molecular complexity index is 1080. The van der Waals surface area contributed by atoms with Crippen molar-refractivity contribution in [2.24, 2.45) is 0 Å². The normalized spacial score (nSPS) is 18.8. The monoisotopic (exact) mass is 427 g/mol. The maximum atomic E-state index is 13.5. The van der Waals surface area contributed by atoms with Crippen LogP contribution in [0.2, 0.25) is 0 Å². The number of rotatable bonds is 4. The van der Waals surface area contributed by atoms with Crippen LogP contribution in [0.5, 0.6) is 0 Å². The highest BCUT2D eigenvalue weighted by molar-refractivity contribution is 8.26. The van der Waals surface area contributed by atoms with Gasteiger partial charge in [-0.1, -0.05) is 42.2 Å². The summed E-state index contributed by atoms with van der Waals surface area (Å²) in [5, 5.41) is 1.06. The Balaban J connectivity index is 1.98. The molecule has 0 saturated carbocycles. The Kier molecular flexibility index (Phi) is 5.53. The van der Waals surface area contributed by atoms with Gasteiger partial charge in [0, 0.05) is 31.1 Å². The third kappa shape index (κ3) is 3.40. The average Bonchev–Trinajstić information content (AvgIpc) is 3.30. The molecule has 5 nitrogen and oxygen atoms in total. The summed E-state index contributed by atoms with van der Waals surface area (Å²) in [5.41, 5.74) is 2.43. The van der Waals surface area contributed by atoms with Crippen molar-refractivity contribution in [3.63, 3.8) is 0 Å². The molecule has 4 rings (SSSR count). The van der Waals surface area contributed by atoms with Crippen LogP contribution in [0.3, 0.4) is 0 Å². The van der Waals surface area contributed by atoms with E-state index in [1.807, 2.05) is 39.0 Å². The second-order valence-corrected chi connectivity index (χ2v) is 9.34. The average molecular weight is 428 g/mol. The number of carbonyl (C=O) groups is 1. The van der Waals surface area contributed by atoms with Crippen LogP contribution in [0.25, 0.3) is 17.0 Å². The number of aromatic nitrogens is 1. The minimum Gasteiger partial charge on any atom is -0.370 e. The largest absolute Gasteiger partial charge is 0.370 e. The Hall–Kier alpha value is -2.12. The second-order valence-electron chi connectivity index (χ2n) is 7.67. The Morgan fingerprint density at radius 1 is 1.17 bits per heavy atom. The van der Waals surface area contributed by atoms with Crippen molar-refractivity contribution < 1.29 is 4.79 Å². The van der Waals surface area contributed by atoms with Gasteiger partial charge in [-0.2, -0.15) is 0 Å². The van der Waals surface area contributed by atoms with Gasteiger partial charge < -0.3 is 9.47 Å². The van der Waals surface area contributed by atoms with E-state index in [0.29, 0.717) is 21.3 Å². The van der Waals surface area contributed by atoms with Crippen molar-refractivity contribution in [1.82, 2.24) is 9.47 Å². The fraction of sp³-hybridized carbons (Fsp3) is 0.409. The number of amides is 1. The number of aryl methyl sites for hydroxylation is 1. The van der Waals surface area contributed by atoms with E-state index < -0.39 is 0 Å².